The normalized spacial score (nSPS) is 13.4. The molecule has 0 saturated heterocycles. The van der Waals surface area contributed by atoms with Crippen LogP contribution in [0.3, 0.4) is 0 Å². The van der Waals surface area contributed by atoms with E-state index in [0.29, 0.717) is 12.3 Å². The third kappa shape index (κ3) is 4.49. The first-order valence-corrected chi connectivity index (χ1v) is 7.15. The van der Waals surface area contributed by atoms with Crippen LogP contribution in [0.1, 0.15) is 49.8 Å². The molecule has 1 unspecified atom stereocenters. The van der Waals surface area contributed by atoms with Crippen LogP contribution in [0.15, 0.2) is 27.8 Å². The summed E-state index contributed by atoms with van der Waals surface area (Å²) in [6.45, 7) is 2.13. The third-order valence-electron chi connectivity index (χ3n) is 2.97. The van der Waals surface area contributed by atoms with Gasteiger partial charge in [0.25, 0.3) is 0 Å². The van der Waals surface area contributed by atoms with Gasteiger partial charge in [0.2, 0.25) is 0 Å². The zero-order valence-electron chi connectivity index (χ0n) is 11.1. The second-order valence-electron chi connectivity index (χ2n) is 4.37. The van der Waals surface area contributed by atoms with Crippen LogP contribution in [0.25, 0.3) is 0 Å². The molecule has 1 rings (SSSR count). The van der Waals surface area contributed by atoms with E-state index in [1.54, 1.807) is 0 Å². The first-order valence-electron chi connectivity index (χ1n) is 6.36. The van der Waals surface area contributed by atoms with Gasteiger partial charge in [-0.3, -0.25) is 0 Å². The molecule has 5 nitrogen and oxygen atoms in total. The highest BCUT2D eigenvalue weighted by Gasteiger charge is 2.16. The zero-order chi connectivity index (χ0) is 14.3. The third-order valence-corrected chi connectivity index (χ3v) is 3.47. The number of benzene rings is 1. The Balaban J connectivity index is 2.99. The number of nitrogens with zero attached hydrogens (tertiary/aromatic N) is 1. The maximum Gasteiger partial charge on any atom is 0.167 e. The van der Waals surface area contributed by atoms with Crippen LogP contribution in [0.4, 0.5) is 0 Å². The average molecular weight is 329 g/mol. The van der Waals surface area contributed by atoms with Crippen LogP contribution in [0, 0.1) is 0 Å². The Bertz CT molecular complexity index is 437. The molecule has 1 aromatic carbocycles. The van der Waals surface area contributed by atoms with Gasteiger partial charge in [-0.2, -0.15) is 5.10 Å². The molecule has 106 valence electrons. The van der Waals surface area contributed by atoms with Crippen molar-refractivity contribution in [3.05, 3.63) is 33.8 Å². The average Bonchev–Trinajstić information content (AvgIpc) is 2.41. The summed E-state index contributed by atoms with van der Waals surface area (Å²) in [5.41, 5.74) is 3.94. The number of nitrogens with two attached hydrogens (primary N) is 2. The number of aliphatic hydroxyl groups is 1. The summed E-state index contributed by atoms with van der Waals surface area (Å²) in [5, 5.41) is 13.9. The minimum absolute atomic E-state index is 0.358. The number of rotatable bonds is 6. The highest BCUT2D eigenvalue weighted by atomic mass is 79.9. The van der Waals surface area contributed by atoms with E-state index in [1.807, 2.05) is 18.2 Å². The molecule has 19 heavy (non-hydrogen) atoms. The molecular weight excluding hydrogens is 308 g/mol. The number of hydrazone groups is 1. The van der Waals surface area contributed by atoms with Gasteiger partial charge in [-0.05, 0) is 30.2 Å². The SMILES string of the molecule is CCCCCC(O)c1cc(Br)ccc1/C(=N/N)NN. The molecule has 0 aliphatic rings. The predicted molar refractivity (Wildman–Crippen MR) is 81.3 cm³/mol. The lowest BCUT2D eigenvalue weighted by atomic mass is 9.97. The summed E-state index contributed by atoms with van der Waals surface area (Å²) >= 11 is 3.41. The molecule has 0 saturated carbocycles. The summed E-state index contributed by atoms with van der Waals surface area (Å²) in [4.78, 5) is 0. The quantitative estimate of drug-likeness (QED) is 0.211. The molecular formula is C13H21BrN4O. The van der Waals surface area contributed by atoms with Crippen molar-refractivity contribution in [3.63, 3.8) is 0 Å². The van der Waals surface area contributed by atoms with E-state index >= 15 is 0 Å². The lowest BCUT2D eigenvalue weighted by molar-refractivity contribution is 0.163. The van der Waals surface area contributed by atoms with Crippen molar-refractivity contribution in [1.82, 2.24) is 5.43 Å². The lowest BCUT2D eigenvalue weighted by Crippen LogP contribution is -2.33. The van der Waals surface area contributed by atoms with Crippen molar-refractivity contribution in [3.8, 4) is 0 Å². The molecule has 0 aliphatic heterocycles. The minimum Gasteiger partial charge on any atom is -0.388 e. The van der Waals surface area contributed by atoms with Crippen molar-refractivity contribution in [2.24, 2.45) is 16.8 Å². The Labute approximate surface area is 122 Å². The first kappa shape index (κ1) is 15.9. The van der Waals surface area contributed by atoms with Crippen LogP contribution in [-0.2, 0) is 0 Å². The van der Waals surface area contributed by atoms with Gasteiger partial charge in [0.1, 0.15) is 0 Å². The topological polar surface area (TPSA) is 96.7 Å². The fourth-order valence-corrected chi connectivity index (χ4v) is 2.33. The van der Waals surface area contributed by atoms with Crippen LogP contribution in [0.2, 0.25) is 0 Å². The molecule has 0 amide bonds. The van der Waals surface area contributed by atoms with Gasteiger partial charge in [0.05, 0.1) is 6.10 Å². The fraction of sp³-hybridized carbons (Fsp3) is 0.462. The molecule has 0 spiro atoms. The molecule has 0 bridgehead atoms. The molecule has 1 aromatic rings. The molecule has 0 fully saturated rings. The van der Waals surface area contributed by atoms with Gasteiger partial charge in [-0.25, -0.2) is 5.84 Å². The maximum atomic E-state index is 10.3. The van der Waals surface area contributed by atoms with E-state index in [4.69, 9.17) is 11.7 Å². The molecule has 1 atom stereocenters. The van der Waals surface area contributed by atoms with Crippen molar-refractivity contribution in [2.45, 2.75) is 38.7 Å². The summed E-state index contributed by atoms with van der Waals surface area (Å²) in [6.07, 6.45) is 3.36. The molecule has 0 radical (unpaired) electrons. The molecule has 6 N–H and O–H groups in total. The monoisotopic (exact) mass is 328 g/mol. The van der Waals surface area contributed by atoms with E-state index in [2.05, 4.69) is 33.4 Å². The predicted octanol–water partition coefficient (Wildman–Crippen LogP) is 2.15. The summed E-state index contributed by atoms with van der Waals surface area (Å²) < 4.78 is 0.897. The number of hydrazine groups is 1. The number of halogens is 1. The number of nitrogens with one attached hydrogen (secondary N) is 1. The lowest BCUT2D eigenvalue weighted by Gasteiger charge is -2.16. The van der Waals surface area contributed by atoms with Crippen molar-refractivity contribution >= 4 is 21.8 Å². The highest BCUT2D eigenvalue weighted by Crippen LogP contribution is 2.26. The minimum atomic E-state index is -0.552. The number of amidine groups is 1. The Kier molecular flexibility index (Phi) is 6.83. The fourth-order valence-electron chi connectivity index (χ4n) is 1.95. The number of unbranched alkanes of at least 4 members (excludes halogenated alkanes) is 2. The van der Waals surface area contributed by atoms with Gasteiger partial charge in [0, 0.05) is 10.0 Å². The summed E-state index contributed by atoms with van der Waals surface area (Å²) in [6, 6.07) is 5.56. The Morgan fingerprint density at radius 1 is 1.47 bits per heavy atom. The van der Waals surface area contributed by atoms with E-state index in [1.165, 1.54) is 0 Å². The molecule has 0 aromatic heterocycles. The molecule has 0 aliphatic carbocycles. The summed E-state index contributed by atoms with van der Waals surface area (Å²) in [5.74, 6) is 11.0. The van der Waals surface area contributed by atoms with E-state index in [0.717, 1.165) is 34.9 Å². The highest BCUT2D eigenvalue weighted by molar-refractivity contribution is 9.10. The van der Waals surface area contributed by atoms with E-state index in [9.17, 15) is 5.11 Å². The van der Waals surface area contributed by atoms with Crippen molar-refractivity contribution in [2.75, 3.05) is 0 Å². The van der Waals surface area contributed by atoms with Crippen molar-refractivity contribution < 1.29 is 5.11 Å². The van der Waals surface area contributed by atoms with Gasteiger partial charge in [-0.15, -0.1) is 0 Å². The Morgan fingerprint density at radius 3 is 2.79 bits per heavy atom. The van der Waals surface area contributed by atoms with Gasteiger partial charge in [-0.1, -0.05) is 42.1 Å². The van der Waals surface area contributed by atoms with Gasteiger partial charge < -0.3 is 16.4 Å². The van der Waals surface area contributed by atoms with E-state index in [-0.39, 0.29) is 0 Å². The number of aliphatic hydroxyl groups excluding tert-OH is 1. The largest absolute Gasteiger partial charge is 0.388 e. The Morgan fingerprint density at radius 2 is 2.21 bits per heavy atom. The van der Waals surface area contributed by atoms with E-state index < -0.39 is 6.10 Å². The second-order valence-corrected chi connectivity index (χ2v) is 5.28. The van der Waals surface area contributed by atoms with Gasteiger partial charge in [0.15, 0.2) is 5.84 Å². The first-order chi connectivity index (χ1) is 9.13. The zero-order valence-corrected chi connectivity index (χ0v) is 12.7. The van der Waals surface area contributed by atoms with Crippen molar-refractivity contribution in [1.29, 1.82) is 0 Å². The van der Waals surface area contributed by atoms with Gasteiger partial charge >= 0.3 is 0 Å². The standard InChI is InChI=1S/C13H21BrN4O/c1-2-3-4-5-12(19)11-8-9(14)6-7-10(11)13(17-15)18-16/h6-8,12,19H,2-5,15-16H2,1H3,(H,17,18). The molecule has 6 heteroatoms. The summed E-state index contributed by atoms with van der Waals surface area (Å²) in [7, 11) is 0. The smallest absolute Gasteiger partial charge is 0.167 e. The second kappa shape index (κ2) is 8.14. The number of hydrogen-bond acceptors (Lipinski definition) is 4. The van der Waals surface area contributed by atoms with Crippen LogP contribution in [-0.4, -0.2) is 10.9 Å². The number of hydrogen-bond donors (Lipinski definition) is 4. The maximum absolute atomic E-state index is 10.3. The van der Waals surface area contributed by atoms with Crippen LogP contribution in [0.5, 0.6) is 0 Å². The Hall–Kier alpha value is -1.11. The van der Waals surface area contributed by atoms with Crippen LogP contribution >= 0.6 is 15.9 Å². The molecule has 0 heterocycles. The van der Waals surface area contributed by atoms with Crippen LogP contribution < -0.4 is 17.1 Å².